The normalized spacial score (nSPS) is 35.6. The van der Waals surface area contributed by atoms with Crippen LogP contribution in [0.5, 0.6) is 0 Å². The van der Waals surface area contributed by atoms with Crippen molar-refractivity contribution in [3.05, 3.63) is 42.0 Å². The van der Waals surface area contributed by atoms with Crippen molar-refractivity contribution in [2.24, 2.45) is 23.7 Å². The van der Waals surface area contributed by atoms with Crippen LogP contribution in [0.25, 0.3) is 0 Å². The van der Waals surface area contributed by atoms with E-state index >= 15 is 0 Å². The summed E-state index contributed by atoms with van der Waals surface area (Å²) in [7, 11) is -1.46. The van der Waals surface area contributed by atoms with Crippen LogP contribution in [-0.2, 0) is 14.6 Å². The number of aryl methyl sites for hydroxylation is 1. The predicted octanol–water partition coefficient (Wildman–Crippen LogP) is 2.73. The van der Waals surface area contributed by atoms with Gasteiger partial charge in [0.05, 0.1) is 10.1 Å². The molecule has 0 spiro atoms. The van der Waals surface area contributed by atoms with Crippen LogP contribution in [-0.4, -0.2) is 68.9 Å². The van der Waals surface area contributed by atoms with E-state index in [1.54, 1.807) is 17.0 Å². The second-order valence-corrected chi connectivity index (χ2v) is 11.5. The summed E-state index contributed by atoms with van der Waals surface area (Å²) in [5.41, 5.74) is 1.04. The molecule has 1 aromatic carbocycles. The SMILES string of the molecule is Cc1ccc(S(=O)(=O)C2C3CC=CC2[C@@H](OC(=O)N2CCN(C)CC2)C2CC32)cc1. The van der Waals surface area contributed by atoms with E-state index in [0.717, 1.165) is 31.5 Å². The van der Waals surface area contributed by atoms with Crippen LogP contribution < -0.4 is 0 Å². The van der Waals surface area contributed by atoms with E-state index in [1.165, 1.54) is 0 Å². The molecule has 1 amide bonds. The number of rotatable bonds is 3. The molecular weight excluding hydrogens is 400 g/mol. The zero-order valence-corrected chi connectivity index (χ0v) is 18.4. The van der Waals surface area contributed by atoms with Crippen molar-refractivity contribution < 1.29 is 17.9 Å². The van der Waals surface area contributed by atoms with Gasteiger partial charge in [-0.1, -0.05) is 29.8 Å². The first-order valence-corrected chi connectivity index (χ1v) is 12.5. The van der Waals surface area contributed by atoms with Gasteiger partial charge in [0.2, 0.25) is 0 Å². The van der Waals surface area contributed by atoms with Gasteiger partial charge in [-0.2, -0.15) is 0 Å². The van der Waals surface area contributed by atoms with Crippen LogP contribution in [0.15, 0.2) is 41.3 Å². The molecule has 30 heavy (non-hydrogen) atoms. The van der Waals surface area contributed by atoms with E-state index in [0.29, 0.717) is 29.8 Å². The zero-order valence-electron chi connectivity index (χ0n) is 17.6. The van der Waals surface area contributed by atoms with Gasteiger partial charge in [0.1, 0.15) is 6.10 Å². The summed E-state index contributed by atoms with van der Waals surface area (Å²) in [5.74, 6) is 0.484. The van der Waals surface area contributed by atoms with Crippen LogP contribution in [0.3, 0.4) is 0 Å². The fourth-order valence-electron chi connectivity index (χ4n) is 5.70. The summed E-state index contributed by atoms with van der Waals surface area (Å²) in [6, 6.07) is 7.14. The highest BCUT2D eigenvalue weighted by Gasteiger charge is 2.63. The summed E-state index contributed by atoms with van der Waals surface area (Å²) in [6.45, 7) is 4.94. The number of ether oxygens (including phenoxy) is 1. The van der Waals surface area contributed by atoms with Crippen molar-refractivity contribution in [2.45, 2.75) is 36.0 Å². The van der Waals surface area contributed by atoms with Crippen LogP contribution in [0.2, 0.25) is 0 Å². The second kappa shape index (κ2) is 7.38. The van der Waals surface area contributed by atoms with Crippen LogP contribution in [0.4, 0.5) is 4.79 Å². The number of amides is 1. The minimum Gasteiger partial charge on any atom is -0.445 e. The van der Waals surface area contributed by atoms with Gasteiger partial charge in [0, 0.05) is 38.0 Å². The Morgan fingerprint density at radius 3 is 2.43 bits per heavy atom. The summed E-state index contributed by atoms with van der Waals surface area (Å²) in [4.78, 5) is 17.2. The molecule has 5 unspecified atom stereocenters. The molecule has 6 atom stereocenters. The van der Waals surface area contributed by atoms with E-state index in [-0.39, 0.29) is 24.0 Å². The van der Waals surface area contributed by atoms with Crippen LogP contribution in [0, 0.1) is 30.6 Å². The minimum atomic E-state index is -3.51. The lowest BCUT2D eigenvalue weighted by molar-refractivity contribution is 0.00258. The maximum absolute atomic E-state index is 13.7. The van der Waals surface area contributed by atoms with E-state index in [2.05, 4.69) is 11.0 Å². The largest absolute Gasteiger partial charge is 0.445 e. The molecule has 2 saturated carbocycles. The second-order valence-electron chi connectivity index (χ2n) is 9.43. The molecule has 0 radical (unpaired) electrons. The molecule has 1 aliphatic heterocycles. The molecule has 1 aromatic rings. The number of piperazine rings is 1. The highest BCUT2D eigenvalue weighted by Crippen LogP contribution is 2.60. The van der Waals surface area contributed by atoms with Gasteiger partial charge in [-0.3, -0.25) is 0 Å². The lowest BCUT2D eigenvalue weighted by Crippen LogP contribution is -2.53. The van der Waals surface area contributed by atoms with Gasteiger partial charge < -0.3 is 14.5 Å². The zero-order chi connectivity index (χ0) is 21.0. The van der Waals surface area contributed by atoms with Crippen LogP contribution in [0.1, 0.15) is 18.4 Å². The predicted molar refractivity (Wildman–Crippen MR) is 114 cm³/mol. The Kier molecular flexibility index (Phi) is 4.93. The van der Waals surface area contributed by atoms with E-state index in [4.69, 9.17) is 4.74 Å². The van der Waals surface area contributed by atoms with Crippen molar-refractivity contribution in [3.63, 3.8) is 0 Å². The van der Waals surface area contributed by atoms with Gasteiger partial charge in [-0.15, -0.1) is 0 Å². The molecule has 1 saturated heterocycles. The van der Waals surface area contributed by atoms with E-state index in [1.807, 2.05) is 32.2 Å². The van der Waals surface area contributed by atoms with Gasteiger partial charge in [-0.25, -0.2) is 13.2 Å². The third-order valence-corrected chi connectivity index (χ3v) is 9.83. The number of fused-ring (bicyclic) bond motifs is 4. The van der Waals surface area contributed by atoms with Crippen molar-refractivity contribution >= 4 is 15.9 Å². The molecule has 162 valence electrons. The molecule has 6 nitrogen and oxygen atoms in total. The Hall–Kier alpha value is -1.86. The number of nitrogens with zero attached hydrogens (tertiary/aromatic N) is 2. The quantitative estimate of drug-likeness (QED) is 0.690. The first-order valence-electron chi connectivity index (χ1n) is 11.0. The van der Waals surface area contributed by atoms with Crippen molar-refractivity contribution in [1.29, 1.82) is 0 Å². The number of hydrogen-bond donors (Lipinski definition) is 0. The summed E-state index contributed by atoms with van der Waals surface area (Å²) in [6.07, 6.45) is 5.23. The number of hydrogen-bond acceptors (Lipinski definition) is 5. The molecule has 2 bridgehead atoms. The fraction of sp³-hybridized carbons (Fsp3) is 0.609. The number of carbonyl (C=O) groups excluding carboxylic acids is 1. The number of carbonyl (C=O) groups is 1. The molecule has 7 heteroatoms. The van der Waals surface area contributed by atoms with Gasteiger partial charge >= 0.3 is 6.09 Å². The average Bonchev–Trinajstić information content (AvgIpc) is 3.52. The van der Waals surface area contributed by atoms with E-state index < -0.39 is 15.1 Å². The molecular formula is C23H30N2O4S. The monoisotopic (exact) mass is 430 g/mol. The maximum atomic E-state index is 13.7. The first-order chi connectivity index (χ1) is 14.4. The molecule has 4 aliphatic rings. The number of sulfone groups is 1. The summed E-state index contributed by atoms with van der Waals surface area (Å²) in [5, 5.41) is -0.515. The molecule has 1 heterocycles. The molecule has 5 rings (SSSR count). The molecule has 0 N–H and O–H groups in total. The third-order valence-electron chi connectivity index (χ3n) is 7.52. The van der Waals surface area contributed by atoms with Crippen LogP contribution >= 0.6 is 0 Å². The Morgan fingerprint density at radius 2 is 1.73 bits per heavy atom. The lowest BCUT2D eigenvalue weighted by atomic mass is 9.74. The number of allylic oxidation sites excluding steroid dienone is 1. The minimum absolute atomic E-state index is 0.120. The number of likely N-dealkylation sites (N-methyl/N-ethyl adjacent to an activating group) is 1. The lowest BCUT2D eigenvalue weighted by Gasteiger charge is -2.43. The third kappa shape index (κ3) is 3.36. The summed E-state index contributed by atoms with van der Waals surface area (Å²) < 4.78 is 33.3. The van der Waals surface area contributed by atoms with Gasteiger partial charge in [0.15, 0.2) is 9.84 Å². The van der Waals surface area contributed by atoms with Crippen molar-refractivity contribution in [1.82, 2.24) is 9.80 Å². The van der Waals surface area contributed by atoms with E-state index in [9.17, 15) is 13.2 Å². The molecule has 3 fully saturated rings. The average molecular weight is 431 g/mol. The van der Waals surface area contributed by atoms with Crippen molar-refractivity contribution in [2.75, 3.05) is 33.2 Å². The number of benzene rings is 1. The Balaban J connectivity index is 1.41. The first kappa shape index (κ1) is 20.1. The Labute approximate surface area is 178 Å². The Morgan fingerprint density at radius 1 is 1.03 bits per heavy atom. The topological polar surface area (TPSA) is 66.9 Å². The standard InChI is InChI=1S/C23H30N2O4S/c1-15-6-8-16(9-7-15)30(27,28)22-17-4-3-5-18(22)21(20-14-19(17)20)29-23(26)25-12-10-24(2)11-13-25/h3,5-9,17-22H,4,10-14H2,1-2H3/t17?,18?,19?,20?,21-,22?/m1/s1. The van der Waals surface area contributed by atoms with Crippen molar-refractivity contribution in [3.8, 4) is 0 Å². The maximum Gasteiger partial charge on any atom is 0.410 e. The Bertz CT molecular complexity index is 950. The summed E-state index contributed by atoms with van der Waals surface area (Å²) >= 11 is 0. The van der Waals surface area contributed by atoms with Gasteiger partial charge in [0.25, 0.3) is 0 Å². The highest BCUT2D eigenvalue weighted by molar-refractivity contribution is 7.92. The highest BCUT2D eigenvalue weighted by atomic mass is 32.2. The fourth-order valence-corrected chi connectivity index (χ4v) is 7.96. The van der Waals surface area contributed by atoms with Gasteiger partial charge in [-0.05, 0) is 50.8 Å². The molecule has 0 aromatic heterocycles. The smallest absolute Gasteiger partial charge is 0.410 e. The molecule has 3 aliphatic carbocycles.